The second-order valence-corrected chi connectivity index (χ2v) is 8.75. The van der Waals surface area contributed by atoms with Crippen molar-refractivity contribution < 1.29 is 14.3 Å². The first-order chi connectivity index (χ1) is 13.2. The summed E-state index contributed by atoms with van der Waals surface area (Å²) in [6, 6.07) is 4.12. The van der Waals surface area contributed by atoms with Gasteiger partial charge in [0.15, 0.2) is 0 Å². The van der Waals surface area contributed by atoms with Gasteiger partial charge in [-0.25, -0.2) is 0 Å². The number of nitrogens with zero attached hydrogens (tertiary/aromatic N) is 2. The molecule has 0 spiro atoms. The van der Waals surface area contributed by atoms with E-state index in [0.717, 1.165) is 42.0 Å². The van der Waals surface area contributed by atoms with Crippen molar-refractivity contribution in [1.29, 1.82) is 0 Å². The number of ether oxygens (including phenoxy) is 1. The second kappa shape index (κ2) is 8.57. The number of allylic oxidation sites excluding steroid dienone is 1. The highest BCUT2D eigenvalue weighted by atomic mass is 32.1. The monoisotopic (exact) mass is 388 g/mol. The Kier molecular flexibility index (Phi) is 5.93. The van der Waals surface area contributed by atoms with Crippen LogP contribution in [0.4, 0.5) is 0 Å². The molecule has 2 saturated heterocycles. The number of likely N-dealkylation sites (tertiary alicyclic amines) is 1. The number of carbonyl (C=O) groups excluding carboxylic acids is 2. The Morgan fingerprint density at radius 1 is 1.11 bits per heavy atom. The van der Waals surface area contributed by atoms with Crippen molar-refractivity contribution >= 4 is 23.2 Å². The van der Waals surface area contributed by atoms with Crippen LogP contribution in [-0.2, 0) is 9.53 Å². The minimum absolute atomic E-state index is 0.0952. The molecule has 2 fully saturated rings. The Hall–Kier alpha value is -1.66. The summed E-state index contributed by atoms with van der Waals surface area (Å²) >= 11 is 1.56. The normalized spacial score (nSPS) is 23.4. The van der Waals surface area contributed by atoms with Gasteiger partial charge in [0, 0.05) is 30.9 Å². The molecule has 0 radical (unpaired) electrons. The van der Waals surface area contributed by atoms with Gasteiger partial charge in [-0.2, -0.15) is 0 Å². The quantitative estimate of drug-likeness (QED) is 0.738. The van der Waals surface area contributed by atoms with Crippen LogP contribution < -0.4 is 0 Å². The Bertz CT molecular complexity index is 721. The zero-order valence-corrected chi connectivity index (χ0v) is 16.6. The predicted molar refractivity (Wildman–Crippen MR) is 106 cm³/mol. The van der Waals surface area contributed by atoms with Gasteiger partial charge in [0.1, 0.15) is 0 Å². The van der Waals surface area contributed by atoms with E-state index < -0.39 is 0 Å². The third-order valence-electron chi connectivity index (χ3n) is 5.80. The number of rotatable bonds is 4. The molecule has 1 aromatic heterocycles. The van der Waals surface area contributed by atoms with Crippen LogP contribution in [0.3, 0.4) is 0 Å². The fourth-order valence-corrected chi connectivity index (χ4v) is 5.41. The third kappa shape index (κ3) is 4.27. The van der Waals surface area contributed by atoms with Crippen LogP contribution in [0, 0.1) is 0 Å². The fraction of sp³-hybridized carbons (Fsp3) is 0.619. The highest BCUT2D eigenvalue weighted by molar-refractivity contribution is 7.14. The van der Waals surface area contributed by atoms with Crippen molar-refractivity contribution in [2.75, 3.05) is 32.8 Å². The molecule has 2 amide bonds. The van der Waals surface area contributed by atoms with Crippen molar-refractivity contribution in [2.45, 2.75) is 51.0 Å². The van der Waals surface area contributed by atoms with Crippen LogP contribution in [0.1, 0.15) is 65.5 Å². The molecule has 0 N–H and O–H groups in total. The smallest absolute Gasteiger partial charge is 0.264 e. The average molecular weight is 389 g/mol. The largest absolute Gasteiger partial charge is 0.378 e. The molecule has 3 heterocycles. The number of hydrogen-bond acceptors (Lipinski definition) is 4. The Labute approximate surface area is 165 Å². The third-order valence-corrected chi connectivity index (χ3v) is 6.98. The van der Waals surface area contributed by atoms with Crippen LogP contribution in [0.25, 0.3) is 0 Å². The molecular formula is C21H28N2O3S. The van der Waals surface area contributed by atoms with E-state index in [0.29, 0.717) is 32.7 Å². The van der Waals surface area contributed by atoms with Crippen LogP contribution in [0.15, 0.2) is 23.8 Å². The van der Waals surface area contributed by atoms with Gasteiger partial charge in [0.2, 0.25) is 5.91 Å². The number of amides is 2. The maximum Gasteiger partial charge on any atom is 0.264 e. The Morgan fingerprint density at radius 2 is 1.96 bits per heavy atom. The molecule has 4 rings (SSSR count). The minimum Gasteiger partial charge on any atom is -0.378 e. The first-order valence-electron chi connectivity index (χ1n) is 10.2. The first kappa shape index (κ1) is 18.7. The summed E-state index contributed by atoms with van der Waals surface area (Å²) in [5.74, 6) is 0.345. The fourth-order valence-electron chi connectivity index (χ4n) is 4.29. The van der Waals surface area contributed by atoms with Crippen LogP contribution in [-0.4, -0.2) is 54.5 Å². The van der Waals surface area contributed by atoms with E-state index >= 15 is 0 Å². The summed E-state index contributed by atoms with van der Waals surface area (Å²) in [5, 5.41) is 0. The Morgan fingerprint density at radius 3 is 2.74 bits per heavy atom. The van der Waals surface area contributed by atoms with Gasteiger partial charge in [-0.3, -0.25) is 9.59 Å². The van der Waals surface area contributed by atoms with Crippen molar-refractivity contribution in [3.63, 3.8) is 0 Å². The van der Waals surface area contributed by atoms with E-state index in [-0.39, 0.29) is 17.9 Å². The van der Waals surface area contributed by atoms with Gasteiger partial charge in [-0.05, 0) is 50.7 Å². The van der Waals surface area contributed by atoms with Crippen LogP contribution >= 0.6 is 11.3 Å². The summed E-state index contributed by atoms with van der Waals surface area (Å²) in [4.78, 5) is 31.4. The summed E-state index contributed by atoms with van der Waals surface area (Å²) in [5.41, 5.74) is 1.31. The topological polar surface area (TPSA) is 49.9 Å². The van der Waals surface area contributed by atoms with E-state index in [9.17, 15) is 9.59 Å². The molecule has 1 aromatic rings. The van der Waals surface area contributed by atoms with E-state index in [4.69, 9.17) is 4.74 Å². The van der Waals surface area contributed by atoms with Crippen molar-refractivity contribution in [1.82, 2.24) is 9.80 Å². The lowest BCUT2D eigenvalue weighted by molar-refractivity contribution is -0.131. The molecule has 1 atom stereocenters. The molecule has 0 aromatic carbocycles. The highest BCUT2D eigenvalue weighted by Crippen LogP contribution is 2.37. The van der Waals surface area contributed by atoms with Gasteiger partial charge in [-0.15, -0.1) is 11.3 Å². The summed E-state index contributed by atoms with van der Waals surface area (Å²) in [6.07, 6.45) is 9.51. The number of morpholine rings is 1. The molecule has 27 heavy (non-hydrogen) atoms. The summed E-state index contributed by atoms with van der Waals surface area (Å²) in [6.45, 7) is 3.39. The van der Waals surface area contributed by atoms with Crippen molar-refractivity contribution in [3.8, 4) is 0 Å². The zero-order chi connectivity index (χ0) is 18.6. The molecule has 2 aliphatic heterocycles. The van der Waals surface area contributed by atoms with Gasteiger partial charge in [-0.1, -0.05) is 11.6 Å². The molecule has 1 aliphatic carbocycles. The number of carbonyl (C=O) groups is 2. The van der Waals surface area contributed by atoms with Gasteiger partial charge in [0.25, 0.3) is 5.91 Å². The van der Waals surface area contributed by atoms with Crippen LogP contribution in [0.5, 0.6) is 0 Å². The molecular weight excluding hydrogens is 360 g/mol. The lowest BCUT2D eigenvalue weighted by Crippen LogP contribution is -2.40. The lowest BCUT2D eigenvalue weighted by atomic mass is 9.96. The maximum atomic E-state index is 12.9. The van der Waals surface area contributed by atoms with Gasteiger partial charge < -0.3 is 14.5 Å². The molecule has 0 bridgehead atoms. The Balaban J connectivity index is 1.42. The standard InChI is InChI=1S/C21H28N2O3S/c24-20(15-16-5-2-1-3-6-16)23-10-4-7-17(23)18-8-9-19(27-18)21(25)22-11-13-26-14-12-22/h5,8-9,17H,1-4,6-7,10-15H2. The first-order valence-corrected chi connectivity index (χ1v) is 11.0. The van der Waals surface area contributed by atoms with E-state index in [2.05, 4.69) is 12.1 Å². The highest BCUT2D eigenvalue weighted by Gasteiger charge is 2.32. The second-order valence-electron chi connectivity index (χ2n) is 7.64. The minimum atomic E-state index is 0.0952. The van der Waals surface area contributed by atoms with E-state index in [1.807, 2.05) is 15.9 Å². The SMILES string of the molecule is O=C(c1ccc(C2CCCN2C(=O)CC2=CCCCC2)s1)N1CCOCC1. The molecule has 146 valence electrons. The molecule has 3 aliphatic rings. The predicted octanol–water partition coefficient (Wildman–Crippen LogP) is 3.77. The van der Waals surface area contributed by atoms with Crippen molar-refractivity contribution in [3.05, 3.63) is 33.5 Å². The van der Waals surface area contributed by atoms with Gasteiger partial charge in [0.05, 0.1) is 24.1 Å². The van der Waals surface area contributed by atoms with E-state index in [1.165, 1.54) is 18.4 Å². The zero-order valence-electron chi connectivity index (χ0n) is 15.8. The molecule has 1 unspecified atom stereocenters. The average Bonchev–Trinajstić information content (AvgIpc) is 3.38. The maximum absolute atomic E-state index is 12.9. The summed E-state index contributed by atoms with van der Waals surface area (Å²) in [7, 11) is 0. The number of thiophene rings is 1. The van der Waals surface area contributed by atoms with E-state index in [1.54, 1.807) is 11.3 Å². The molecule has 0 saturated carbocycles. The molecule has 5 nitrogen and oxygen atoms in total. The lowest BCUT2D eigenvalue weighted by Gasteiger charge is -2.26. The van der Waals surface area contributed by atoms with Gasteiger partial charge >= 0.3 is 0 Å². The molecule has 6 heteroatoms. The van der Waals surface area contributed by atoms with Crippen molar-refractivity contribution in [2.24, 2.45) is 0 Å². The van der Waals surface area contributed by atoms with Crippen LogP contribution in [0.2, 0.25) is 0 Å². The summed E-state index contributed by atoms with van der Waals surface area (Å²) < 4.78 is 5.34. The number of hydrogen-bond donors (Lipinski definition) is 0.